The van der Waals surface area contributed by atoms with Crippen LogP contribution in [0.15, 0.2) is 57.9 Å². The van der Waals surface area contributed by atoms with Crippen molar-refractivity contribution < 1.29 is 17.7 Å². The predicted molar refractivity (Wildman–Crippen MR) is 119 cm³/mol. The van der Waals surface area contributed by atoms with E-state index in [4.69, 9.17) is 4.52 Å². The van der Waals surface area contributed by atoms with Crippen LogP contribution < -0.4 is 5.32 Å². The average molecular weight is 455 g/mol. The monoisotopic (exact) mass is 454 g/mol. The fourth-order valence-corrected chi connectivity index (χ4v) is 5.21. The molecule has 8 nitrogen and oxygen atoms in total. The van der Waals surface area contributed by atoms with E-state index in [0.717, 1.165) is 36.0 Å². The zero-order chi connectivity index (χ0) is 22.6. The third-order valence-electron chi connectivity index (χ3n) is 5.56. The molecule has 2 heterocycles. The Morgan fingerprint density at radius 3 is 2.31 bits per heavy atom. The first kappa shape index (κ1) is 22.2. The third-order valence-corrected chi connectivity index (χ3v) is 7.47. The Labute approximate surface area is 187 Å². The molecule has 1 aliphatic heterocycles. The molecule has 1 amide bonds. The molecule has 32 heavy (non-hydrogen) atoms. The first-order valence-electron chi connectivity index (χ1n) is 10.7. The summed E-state index contributed by atoms with van der Waals surface area (Å²) < 4.78 is 32.5. The van der Waals surface area contributed by atoms with Crippen molar-refractivity contribution in [1.82, 2.24) is 19.8 Å². The lowest BCUT2D eigenvalue weighted by molar-refractivity contribution is -0.119. The zero-order valence-electron chi connectivity index (χ0n) is 18.0. The Bertz CT molecular complexity index is 1170. The Morgan fingerprint density at radius 2 is 1.66 bits per heavy atom. The van der Waals surface area contributed by atoms with Gasteiger partial charge in [0.05, 0.1) is 17.7 Å². The molecule has 1 saturated heterocycles. The number of likely N-dealkylation sites (N-methyl/N-ethyl adjacent to an activating group) is 1. The Morgan fingerprint density at radius 1 is 1.00 bits per heavy atom. The molecule has 0 aliphatic carbocycles. The van der Waals surface area contributed by atoms with E-state index in [1.165, 1.54) is 0 Å². The highest BCUT2D eigenvalue weighted by Crippen LogP contribution is 2.22. The molecular formula is C23H26N4O4S. The number of carbonyl (C=O) groups excluding carboxylic acids is 1. The smallest absolute Gasteiger partial charge is 0.243 e. The predicted octanol–water partition coefficient (Wildman–Crippen LogP) is 2.79. The van der Waals surface area contributed by atoms with Crippen LogP contribution in [0.2, 0.25) is 0 Å². The van der Waals surface area contributed by atoms with Crippen LogP contribution in [0.25, 0.3) is 11.4 Å². The molecule has 0 radical (unpaired) electrons. The number of nitrogens with one attached hydrogen (secondary N) is 1. The summed E-state index contributed by atoms with van der Waals surface area (Å²) in [5, 5.41) is 6.64. The van der Waals surface area contributed by atoms with Crippen LogP contribution in [0.5, 0.6) is 0 Å². The number of aromatic nitrogens is 2. The summed E-state index contributed by atoms with van der Waals surface area (Å²) in [5.41, 5.74) is 2.58. The van der Waals surface area contributed by atoms with Crippen molar-refractivity contribution >= 4 is 15.9 Å². The molecule has 4 rings (SSSR count). The fourth-order valence-electron chi connectivity index (χ4n) is 3.70. The van der Waals surface area contributed by atoms with Crippen molar-refractivity contribution in [2.24, 2.45) is 0 Å². The summed E-state index contributed by atoms with van der Waals surface area (Å²) in [6, 6.07) is 14.3. The maximum Gasteiger partial charge on any atom is 0.243 e. The van der Waals surface area contributed by atoms with Gasteiger partial charge < -0.3 is 9.84 Å². The van der Waals surface area contributed by atoms with E-state index in [9.17, 15) is 13.2 Å². The maximum absolute atomic E-state index is 12.8. The molecule has 0 bridgehead atoms. The van der Waals surface area contributed by atoms with Crippen molar-refractivity contribution in [2.45, 2.75) is 37.0 Å². The molecule has 1 aromatic heterocycles. The van der Waals surface area contributed by atoms with Gasteiger partial charge in [0, 0.05) is 25.7 Å². The molecule has 1 aliphatic rings. The van der Waals surface area contributed by atoms with Gasteiger partial charge in [0.15, 0.2) is 0 Å². The van der Waals surface area contributed by atoms with Crippen molar-refractivity contribution in [3.05, 3.63) is 65.5 Å². The SMILES string of the molecule is CNC(=O)Cc1ccc(-c2noc(Cc3ccc(S(=O)(=O)N4CCCCC4)cc3)n2)cc1. The second kappa shape index (κ2) is 9.62. The van der Waals surface area contributed by atoms with Crippen LogP contribution in [0.4, 0.5) is 0 Å². The molecular weight excluding hydrogens is 428 g/mol. The van der Waals surface area contributed by atoms with Crippen molar-refractivity contribution in [2.75, 3.05) is 20.1 Å². The minimum atomic E-state index is -3.44. The minimum absolute atomic E-state index is 0.0469. The van der Waals surface area contributed by atoms with E-state index in [1.807, 2.05) is 24.3 Å². The van der Waals surface area contributed by atoms with Gasteiger partial charge in [-0.1, -0.05) is 48.0 Å². The highest BCUT2D eigenvalue weighted by molar-refractivity contribution is 7.89. The average Bonchev–Trinajstić information content (AvgIpc) is 3.29. The molecule has 0 unspecified atom stereocenters. The molecule has 1 N–H and O–H groups in total. The van der Waals surface area contributed by atoms with Gasteiger partial charge in [-0.2, -0.15) is 9.29 Å². The normalized spacial score (nSPS) is 14.9. The molecule has 1 fully saturated rings. The van der Waals surface area contributed by atoms with Gasteiger partial charge in [0.1, 0.15) is 0 Å². The van der Waals surface area contributed by atoms with Gasteiger partial charge in [0.2, 0.25) is 27.6 Å². The summed E-state index contributed by atoms with van der Waals surface area (Å²) in [7, 11) is -1.83. The molecule has 0 spiro atoms. The van der Waals surface area contributed by atoms with E-state index in [0.29, 0.717) is 42.5 Å². The topological polar surface area (TPSA) is 105 Å². The molecule has 3 aromatic rings. The standard InChI is InChI=1S/C23H26N4O4S/c1-24-21(28)15-17-5-9-19(10-6-17)23-25-22(31-26-23)16-18-7-11-20(12-8-18)32(29,30)27-13-3-2-4-14-27/h5-12H,2-4,13-16H2,1H3,(H,24,28). The molecule has 0 saturated carbocycles. The second-order valence-electron chi connectivity index (χ2n) is 7.84. The largest absolute Gasteiger partial charge is 0.359 e. The van der Waals surface area contributed by atoms with Gasteiger partial charge in [-0.3, -0.25) is 4.79 Å². The van der Waals surface area contributed by atoms with Crippen LogP contribution in [-0.4, -0.2) is 48.9 Å². The lowest BCUT2D eigenvalue weighted by Gasteiger charge is -2.25. The van der Waals surface area contributed by atoms with Crippen molar-refractivity contribution in [3.63, 3.8) is 0 Å². The number of benzene rings is 2. The summed E-state index contributed by atoms with van der Waals surface area (Å²) in [6.07, 6.45) is 3.63. The summed E-state index contributed by atoms with van der Waals surface area (Å²) in [4.78, 5) is 16.2. The van der Waals surface area contributed by atoms with E-state index in [1.54, 1.807) is 35.6 Å². The van der Waals surface area contributed by atoms with Crippen molar-refractivity contribution in [3.8, 4) is 11.4 Å². The van der Waals surface area contributed by atoms with Crippen LogP contribution >= 0.6 is 0 Å². The van der Waals surface area contributed by atoms with Crippen LogP contribution in [-0.2, 0) is 27.7 Å². The third kappa shape index (κ3) is 5.05. The number of sulfonamides is 1. The van der Waals surface area contributed by atoms with Crippen molar-refractivity contribution in [1.29, 1.82) is 0 Å². The number of carbonyl (C=O) groups is 1. The van der Waals surface area contributed by atoms with E-state index >= 15 is 0 Å². The number of hydrogen-bond acceptors (Lipinski definition) is 6. The van der Waals surface area contributed by atoms with Crippen LogP contribution in [0.1, 0.15) is 36.3 Å². The van der Waals surface area contributed by atoms with E-state index in [2.05, 4.69) is 15.5 Å². The highest BCUT2D eigenvalue weighted by Gasteiger charge is 2.25. The van der Waals surface area contributed by atoms with Gasteiger partial charge in [0.25, 0.3) is 0 Å². The fraction of sp³-hybridized carbons (Fsp3) is 0.348. The Hall–Kier alpha value is -3.04. The summed E-state index contributed by atoms with van der Waals surface area (Å²) >= 11 is 0. The summed E-state index contributed by atoms with van der Waals surface area (Å²) in [6.45, 7) is 1.17. The number of amides is 1. The number of rotatable bonds is 7. The first-order chi connectivity index (χ1) is 15.5. The quantitative estimate of drug-likeness (QED) is 0.589. The maximum atomic E-state index is 12.8. The van der Waals surface area contributed by atoms with Gasteiger partial charge >= 0.3 is 0 Å². The Balaban J connectivity index is 1.42. The molecule has 0 atom stereocenters. The van der Waals surface area contributed by atoms with E-state index < -0.39 is 10.0 Å². The van der Waals surface area contributed by atoms with Gasteiger partial charge in [-0.05, 0) is 36.1 Å². The lowest BCUT2D eigenvalue weighted by atomic mass is 10.1. The zero-order valence-corrected chi connectivity index (χ0v) is 18.8. The lowest BCUT2D eigenvalue weighted by Crippen LogP contribution is -2.35. The molecule has 168 valence electrons. The molecule has 2 aromatic carbocycles. The van der Waals surface area contributed by atoms with E-state index in [-0.39, 0.29) is 5.91 Å². The number of piperidine rings is 1. The molecule has 9 heteroatoms. The van der Waals surface area contributed by atoms with Gasteiger partial charge in [-0.25, -0.2) is 8.42 Å². The second-order valence-corrected chi connectivity index (χ2v) is 9.78. The van der Waals surface area contributed by atoms with Crippen LogP contribution in [0, 0.1) is 0 Å². The first-order valence-corrected chi connectivity index (χ1v) is 12.1. The highest BCUT2D eigenvalue weighted by atomic mass is 32.2. The number of hydrogen-bond donors (Lipinski definition) is 1. The van der Waals surface area contributed by atoms with Gasteiger partial charge in [-0.15, -0.1) is 0 Å². The minimum Gasteiger partial charge on any atom is -0.359 e. The summed E-state index contributed by atoms with van der Waals surface area (Å²) in [5.74, 6) is 0.867. The Kier molecular flexibility index (Phi) is 6.66. The van der Waals surface area contributed by atoms with Crippen LogP contribution in [0.3, 0.4) is 0 Å². The number of nitrogens with zero attached hydrogens (tertiary/aromatic N) is 3.